The van der Waals surface area contributed by atoms with E-state index in [1.54, 1.807) is 11.1 Å². The summed E-state index contributed by atoms with van der Waals surface area (Å²) < 4.78 is 0. The molecule has 2 fully saturated rings. The highest BCUT2D eigenvalue weighted by Gasteiger charge is 2.26. The molecular weight excluding hydrogens is 244 g/mol. The first-order chi connectivity index (χ1) is 9.86. The van der Waals surface area contributed by atoms with Gasteiger partial charge in [-0.05, 0) is 62.2 Å². The summed E-state index contributed by atoms with van der Waals surface area (Å²) in [7, 11) is 0. The van der Waals surface area contributed by atoms with Crippen molar-refractivity contribution in [1.82, 2.24) is 10.2 Å². The number of rotatable bonds is 7. The summed E-state index contributed by atoms with van der Waals surface area (Å²) in [6.07, 6.45) is 6.75. The number of hydrogen-bond donors (Lipinski definition) is 1. The van der Waals surface area contributed by atoms with E-state index in [9.17, 15) is 0 Å². The molecule has 1 aliphatic carbocycles. The molecule has 1 saturated heterocycles. The zero-order valence-corrected chi connectivity index (χ0v) is 12.8. The first kappa shape index (κ1) is 14.1. The SMILES string of the molecule is CCCN(Cc1ccccc1C1CC1)CC1CCCN1. The van der Waals surface area contributed by atoms with Crippen LogP contribution >= 0.6 is 0 Å². The Morgan fingerprint density at radius 3 is 2.75 bits per heavy atom. The van der Waals surface area contributed by atoms with Crippen LogP contribution in [-0.2, 0) is 6.54 Å². The van der Waals surface area contributed by atoms with Crippen molar-refractivity contribution in [2.24, 2.45) is 0 Å². The molecule has 1 aromatic carbocycles. The van der Waals surface area contributed by atoms with Crippen LogP contribution in [0.1, 0.15) is 56.1 Å². The van der Waals surface area contributed by atoms with E-state index in [-0.39, 0.29) is 0 Å². The van der Waals surface area contributed by atoms with Crippen LogP contribution in [0.3, 0.4) is 0 Å². The molecule has 0 bridgehead atoms. The monoisotopic (exact) mass is 272 g/mol. The summed E-state index contributed by atoms with van der Waals surface area (Å²) in [5, 5.41) is 3.64. The van der Waals surface area contributed by atoms with E-state index in [1.165, 1.54) is 51.7 Å². The Kier molecular flexibility index (Phi) is 4.74. The topological polar surface area (TPSA) is 15.3 Å². The van der Waals surface area contributed by atoms with Crippen LogP contribution in [0, 0.1) is 0 Å². The Hall–Kier alpha value is -0.860. The highest BCUT2D eigenvalue weighted by molar-refractivity contribution is 5.33. The van der Waals surface area contributed by atoms with E-state index in [0.29, 0.717) is 0 Å². The van der Waals surface area contributed by atoms with Crippen LogP contribution in [0.5, 0.6) is 0 Å². The molecule has 1 heterocycles. The van der Waals surface area contributed by atoms with E-state index in [0.717, 1.165) is 18.5 Å². The molecule has 1 atom stereocenters. The van der Waals surface area contributed by atoms with Crippen LogP contribution in [0.15, 0.2) is 24.3 Å². The lowest BCUT2D eigenvalue weighted by Crippen LogP contribution is -2.37. The third kappa shape index (κ3) is 3.62. The van der Waals surface area contributed by atoms with Gasteiger partial charge < -0.3 is 5.32 Å². The maximum atomic E-state index is 3.64. The van der Waals surface area contributed by atoms with Gasteiger partial charge in [0.05, 0.1) is 0 Å². The number of hydrogen-bond acceptors (Lipinski definition) is 2. The van der Waals surface area contributed by atoms with Crippen molar-refractivity contribution in [3.8, 4) is 0 Å². The second kappa shape index (κ2) is 6.73. The van der Waals surface area contributed by atoms with Gasteiger partial charge in [0.25, 0.3) is 0 Å². The van der Waals surface area contributed by atoms with Gasteiger partial charge in [0, 0.05) is 19.1 Å². The first-order valence-corrected chi connectivity index (χ1v) is 8.40. The molecule has 1 N–H and O–H groups in total. The summed E-state index contributed by atoms with van der Waals surface area (Å²) in [6, 6.07) is 9.83. The second-order valence-corrected chi connectivity index (χ2v) is 6.50. The van der Waals surface area contributed by atoms with E-state index >= 15 is 0 Å². The minimum atomic E-state index is 0.717. The van der Waals surface area contributed by atoms with Gasteiger partial charge in [-0.1, -0.05) is 31.2 Å². The van der Waals surface area contributed by atoms with Crippen molar-refractivity contribution in [2.45, 2.75) is 57.5 Å². The molecule has 2 heteroatoms. The Labute approximate surface area is 123 Å². The van der Waals surface area contributed by atoms with Gasteiger partial charge in [0.1, 0.15) is 0 Å². The van der Waals surface area contributed by atoms with Crippen molar-refractivity contribution >= 4 is 0 Å². The number of benzene rings is 1. The molecule has 0 amide bonds. The molecule has 1 unspecified atom stereocenters. The van der Waals surface area contributed by atoms with Crippen molar-refractivity contribution in [3.05, 3.63) is 35.4 Å². The lowest BCUT2D eigenvalue weighted by molar-refractivity contribution is 0.241. The van der Waals surface area contributed by atoms with Crippen LogP contribution in [0.4, 0.5) is 0 Å². The summed E-state index contributed by atoms with van der Waals surface area (Å²) in [6.45, 7) is 7.08. The largest absolute Gasteiger partial charge is 0.313 e. The summed E-state index contributed by atoms with van der Waals surface area (Å²) >= 11 is 0. The Bertz CT molecular complexity index is 419. The normalized spacial score (nSPS) is 22.6. The van der Waals surface area contributed by atoms with Gasteiger partial charge in [-0.15, -0.1) is 0 Å². The zero-order chi connectivity index (χ0) is 13.8. The molecule has 2 aliphatic rings. The molecule has 110 valence electrons. The molecule has 2 nitrogen and oxygen atoms in total. The standard InChI is InChI=1S/C18H28N2/c1-2-12-20(14-17-7-5-11-19-17)13-16-6-3-4-8-18(16)15-9-10-15/h3-4,6,8,15,17,19H,2,5,7,9-14H2,1H3. The molecule has 20 heavy (non-hydrogen) atoms. The van der Waals surface area contributed by atoms with Crippen LogP contribution in [0.2, 0.25) is 0 Å². The maximum Gasteiger partial charge on any atom is 0.0237 e. The average molecular weight is 272 g/mol. The molecule has 1 aromatic rings. The van der Waals surface area contributed by atoms with Gasteiger partial charge in [-0.2, -0.15) is 0 Å². The van der Waals surface area contributed by atoms with E-state index < -0.39 is 0 Å². The van der Waals surface area contributed by atoms with Crippen molar-refractivity contribution < 1.29 is 0 Å². The Morgan fingerprint density at radius 2 is 2.05 bits per heavy atom. The minimum absolute atomic E-state index is 0.717. The third-order valence-electron chi connectivity index (χ3n) is 4.65. The third-order valence-corrected chi connectivity index (χ3v) is 4.65. The first-order valence-electron chi connectivity index (χ1n) is 8.40. The molecular formula is C18H28N2. The van der Waals surface area contributed by atoms with Gasteiger partial charge in [-0.25, -0.2) is 0 Å². The smallest absolute Gasteiger partial charge is 0.0237 e. The predicted molar refractivity (Wildman–Crippen MR) is 85.0 cm³/mol. The van der Waals surface area contributed by atoms with E-state index in [1.807, 2.05) is 0 Å². The molecule has 0 radical (unpaired) electrons. The van der Waals surface area contributed by atoms with Crippen LogP contribution in [-0.4, -0.2) is 30.6 Å². The zero-order valence-electron chi connectivity index (χ0n) is 12.8. The Balaban J connectivity index is 1.65. The van der Waals surface area contributed by atoms with E-state index in [2.05, 4.69) is 41.4 Å². The quantitative estimate of drug-likeness (QED) is 0.817. The molecule has 1 saturated carbocycles. The van der Waals surface area contributed by atoms with Gasteiger partial charge in [0.2, 0.25) is 0 Å². The molecule has 3 rings (SSSR count). The highest BCUT2D eigenvalue weighted by Crippen LogP contribution is 2.41. The van der Waals surface area contributed by atoms with Crippen molar-refractivity contribution in [2.75, 3.05) is 19.6 Å². The minimum Gasteiger partial charge on any atom is -0.313 e. The summed E-state index contributed by atoms with van der Waals surface area (Å²) in [5.41, 5.74) is 3.19. The molecule has 1 aliphatic heterocycles. The van der Waals surface area contributed by atoms with E-state index in [4.69, 9.17) is 0 Å². The summed E-state index contributed by atoms with van der Waals surface area (Å²) in [5.74, 6) is 0.860. The van der Waals surface area contributed by atoms with Gasteiger partial charge in [0.15, 0.2) is 0 Å². The fourth-order valence-corrected chi connectivity index (χ4v) is 3.49. The van der Waals surface area contributed by atoms with Crippen LogP contribution < -0.4 is 5.32 Å². The molecule has 0 aromatic heterocycles. The molecule has 0 spiro atoms. The van der Waals surface area contributed by atoms with Crippen molar-refractivity contribution in [3.63, 3.8) is 0 Å². The fourth-order valence-electron chi connectivity index (χ4n) is 3.49. The average Bonchev–Trinajstić information content (AvgIpc) is 3.18. The second-order valence-electron chi connectivity index (χ2n) is 6.50. The fraction of sp³-hybridized carbons (Fsp3) is 0.667. The van der Waals surface area contributed by atoms with Gasteiger partial charge in [-0.3, -0.25) is 4.90 Å². The van der Waals surface area contributed by atoms with Crippen molar-refractivity contribution in [1.29, 1.82) is 0 Å². The maximum absolute atomic E-state index is 3.64. The number of nitrogens with zero attached hydrogens (tertiary/aromatic N) is 1. The Morgan fingerprint density at radius 1 is 1.20 bits per heavy atom. The van der Waals surface area contributed by atoms with Crippen LogP contribution in [0.25, 0.3) is 0 Å². The lowest BCUT2D eigenvalue weighted by atomic mass is 10.0. The van der Waals surface area contributed by atoms with Gasteiger partial charge >= 0.3 is 0 Å². The number of nitrogens with one attached hydrogen (secondary N) is 1. The highest BCUT2D eigenvalue weighted by atomic mass is 15.1. The predicted octanol–water partition coefficient (Wildman–Crippen LogP) is 3.53. The summed E-state index contributed by atoms with van der Waals surface area (Å²) in [4.78, 5) is 2.66. The lowest BCUT2D eigenvalue weighted by Gasteiger charge is -2.26.